The average molecular weight is 234 g/mol. The van der Waals surface area contributed by atoms with Gasteiger partial charge in [0.15, 0.2) is 0 Å². The lowest BCUT2D eigenvalue weighted by Gasteiger charge is -2.17. The van der Waals surface area contributed by atoms with Crippen molar-refractivity contribution in [1.82, 2.24) is 5.32 Å². The first kappa shape index (κ1) is 10.7. The monoisotopic (exact) mass is 234 g/mol. The second-order valence-corrected chi connectivity index (χ2v) is 4.95. The van der Waals surface area contributed by atoms with E-state index in [-0.39, 0.29) is 11.7 Å². The number of carbonyl (C=O) groups excluding carboxylic acids is 1. The SMILES string of the molecule is CC(NC1C(=O)Nc2ccc(F)cc21)C1CC1. The molecule has 3 rings (SSSR count). The summed E-state index contributed by atoms with van der Waals surface area (Å²) in [7, 11) is 0. The molecule has 17 heavy (non-hydrogen) atoms. The number of nitrogens with one attached hydrogen (secondary N) is 2. The molecule has 1 aromatic carbocycles. The van der Waals surface area contributed by atoms with Crippen molar-refractivity contribution in [2.75, 3.05) is 5.32 Å². The van der Waals surface area contributed by atoms with Crippen molar-refractivity contribution in [3.63, 3.8) is 0 Å². The fourth-order valence-corrected chi connectivity index (χ4v) is 2.39. The number of benzene rings is 1. The summed E-state index contributed by atoms with van der Waals surface area (Å²) < 4.78 is 13.2. The molecular formula is C13H15FN2O. The van der Waals surface area contributed by atoms with Gasteiger partial charge in [-0.05, 0) is 43.9 Å². The Balaban J connectivity index is 1.84. The van der Waals surface area contributed by atoms with E-state index >= 15 is 0 Å². The standard InChI is InChI=1S/C13H15FN2O/c1-7(8-2-3-8)15-12-10-6-9(14)4-5-11(10)16-13(12)17/h4-8,12,15H,2-3H2,1H3,(H,16,17). The Hall–Kier alpha value is -1.42. The highest BCUT2D eigenvalue weighted by molar-refractivity contribution is 6.02. The number of halogens is 1. The molecular weight excluding hydrogens is 219 g/mol. The summed E-state index contributed by atoms with van der Waals surface area (Å²) in [6.07, 6.45) is 2.44. The molecule has 1 aliphatic carbocycles. The van der Waals surface area contributed by atoms with Gasteiger partial charge in [0.05, 0.1) is 0 Å². The maximum absolute atomic E-state index is 13.2. The van der Waals surface area contributed by atoms with Crippen LogP contribution in [0.1, 0.15) is 31.4 Å². The van der Waals surface area contributed by atoms with Crippen molar-refractivity contribution in [1.29, 1.82) is 0 Å². The minimum atomic E-state index is -0.406. The van der Waals surface area contributed by atoms with Crippen LogP contribution in [-0.4, -0.2) is 11.9 Å². The summed E-state index contributed by atoms with van der Waals surface area (Å²) in [5.74, 6) is 0.282. The lowest BCUT2D eigenvalue weighted by Crippen LogP contribution is -2.35. The Kier molecular flexibility index (Phi) is 2.40. The molecule has 0 bridgehead atoms. The van der Waals surface area contributed by atoms with Gasteiger partial charge in [-0.2, -0.15) is 0 Å². The molecule has 90 valence electrons. The molecule has 3 nitrogen and oxygen atoms in total. The second-order valence-electron chi connectivity index (χ2n) is 4.95. The van der Waals surface area contributed by atoms with Crippen LogP contribution in [0.25, 0.3) is 0 Å². The van der Waals surface area contributed by atoms with Crippen molar-refractivity contribution in [3.05, 3.63) is 29.6 Å². The lowest BCUT2D eigenvalue weighted by atomic mass is 10.1. The fourth-order valence-electron chi connectivity index (χ4n) is 2.39. The average Bonchev–Trinajstić information content (AvgIpc) is 3.08. The number of carbonyl (C=O) groups is 1. The Bertz CT molecular complexity index is 470. The summed E-state index contributed by atoms with van der Waals surface area (Å²) in [5, 5.41) is 6.07. The van der Waals surface area contributed by atoms with Crippen LogP contribution in [0.2, 0.25) is 0 Å². The van der Waals surface area contributed by atoms with Gasteiger partial charge >= 0.3 is 0 Å². The zero-order chi connectivity index (χ0) is 12.0. The summed E-state index contributed by atoms with van der Waals surface area (Å²) in [6.45, 7) is 2.09. The van der Waals surface area contributed by atoms with Crippen molar-refractivity contribution in [2.24, 2.45) is 5.92 Å². The van der Waals surface area contributed by atoms with Gasteiger partial charge in [-0.25, -0.2) is 4.39 Å². The molecule has 1 aromatic rings. The number of hydrogen-bond acceptors (Lipinski definition) is 2. The van der Waals surface area contributed by atoms with Crippen LogP contribution in [0, 0.1) is 11.7 Å². The Morgan fingerprint density at radius 2 is 2.24 bits per heavy atom. The fraction of sp³-hybridized carbons (Fsp3) is 0.462. The Morgan fingerprint density at radius 1 is 1.47 bits per heavy atom. The van der Waals surface area contributed by atoms with Crippen molar-refractivity contribution in [2.45, 2.75) is 31.8 Å². The minimum absolute atomic E-state index is 0.0851. The zero-order valence-electron chi connectivity index (χ0n) is 9.66. The van der Waals surface area contributed by atoms with Gasteiger partial charge in [0, 0.05) is 17.3 Å². The third-order valence-corrected chi connectivity index (χ3v) is 3.60. The van der Waals surface area contributed by atoms with Crippen LogP contribution in [0.3, 0.4) is 0 Å². The normalized spacial score (nSPS) is 24.4. The molecule has 1 fully saturated rings. The third-order valence-electron chi connectivity index (χ3n) is 3.60. The highest BCUT2D eigenvalue weighted by atomic mass is 19.1. The van der Waals surface area contributed by atoms with Crippen LogP contribution in [0.15, 0.2) is 18.2 Å². The van der Waals surface area contributed by atoms with E-state index in [1.165, 1.54) is 25.0 Å². The van der Waals surface area contributed by atoms with E-state index in [4.69, 9.17) is 0 Å². The first-order valence-corrected chi connectivity index (χ1v) is 6.01. The Morgan fingerprint density at radius 3 is 2.94 bits per heavy atom. The number of hydrogen-bond donors (Lipinski definition) is 2. The molecule has 0 aromatic heterocycles. The summed E-state index contributed by atoms with van der Waals surface area (Å²) in [5.41, 5.74) is 1.44. The second kappa shape index (κ2) is 3.81. The molecule has 4 heteroatoms. The van der Waals surface area contributed by atoms with Crippen molar-refractivity contribution in [3.8, 4) is 0 Å². The van der Waals surface area contributed by atoms with Crippen molar-refractivity contribution >= 4 is 11.6 Å². The van der Waals surface area contributed by atoms with Gasteiger partial charge in [0.1, 0.15) is 11.9 Å². The van der Waals surface area contributed by atoms with Gasteiger partial charge in [0.2, 0.25) is 5.91 Å². The van der Waals surface area contributed by atoms with E-state index < -0.39 is 6.04 Å². The van der Waals surface area contributed by atoms with Gasteiger partial charge in [0.25, 0.3) is 0 Å². The predicted octanol–water partition coefficient (Wildman–Crippen LogP) is 2.21. The molecule has 2 N–H and O–H groups in total. The molecule has 2 unspecified atom stereocenters. The lowest BCUT2D eigenvalue weighted by molar-refractivity contribution is -0.117. The molecule has 0 radical (unpaired) electrons. The smallest absolute Gasteiger partial charge is 0.246 e. The Labute approximate surface area is 99.4 Å². The van der Waals surface area contributed by atoms with Crippen LogP contribution < -0.4 is 10.6 Å². The van der Waals surface area contributed by atoms with Gasteiger partial charge < -0.3 is 5.32 Å². The first-order chi connectivity index (χ1) is 8.15. The number of anilines is 1. The van der Waals surface area contributed by atoms with E-state index in [1.54, 1.807) is 6.07 Å². The molecule has 1 aliphatic heterocycles. The summed E-state index contributed by atoms with van der Waals surface area (Å²) in [4.78, 5) is 11.8. The molecule has 1 heterocycles. The number of rotatable bonds is 3. The molecule has 0 spiro atoms. The molecule has 1 amide bonds. The van der Waals surface area contributed by atoms with Crippen LogP contribution in [-0.2, 0) is 4.79 Å². The molecule has 2 aliphatic rings. The van der Waals surface area contributed by atoms with E-state index in [1.807, 2.05) is 0 Å². The third kappa shape index (κ3) is 1.93. The topological polar surface area (TPSA) is 41.1 Å². The van der Waals surface area contributed by atoms with E-state index in [0.717, 1.165) is 11.3 Å². The van der Waals surface area contributed by atoms with Crippen molar-refractivity contribution < 1.29 is 9.18 Å². The predicted molar refractivity (Wildman–Crippen MR) is 63.1 cm³/mol. The van der Waals surface area contributed by atoms with Crippen LogP contribution >= 0.6 is 0 Å². The number of fused-ring (bicyclic) bond motifs is 1. The summed E-state index contributed by atoms with van der Waals surface area (Å²) in [6, 6.07) is 4.32. The molecule has 2 atom stereocenters. The van der Waals surface area contributed by atoms with Gasteiger partial charge in [-0.3, -0.25) is 10.1 Å². The highest BCUT2D eigenvalue weighted by Gasteiger charge is 2.35. The summed E-state index contributed by atoms with van der Waals surface area (Å²) >= 11 is 0. The van der Waals surface area contributed by atoms with E-state index in [9.17, 15) is 9.18 Å². The maximum Gasteiger partial charge on any atom is 0.246 e. The van der Waals surface area contributed by atoms with Crippen LogP contribution in [0.4, 0.5) is 10.1 Å². The molecule has 1 saturated carbocycles. The van der Waals surface area contributed by atoms with Crippen LogP contribution in [0.5, 0.6) is 0 Å². The minimum Gasteiger partial charge on any atom is -0.324 e. The van der Waals surface area contributed by atoms with Gasteiger partial charge in [-0.15, -0.1) is 0 Å². The first-order valence-electron chi connectivity index (χ1n) is 6.01. The maximum atomic E-state index is 13.2. The largest absolute Gasteiger partial charge is 0.324 e. The van der Waals surface area contributed by atoms with E-state index in [0.29, 0.717) is 12.0 Å². The number of amides is 1. The zero-order valence-corrected chi connectivity index (χ0v) is 9.66. The quantitative estimate of drug-likeness (QED) is 0.841. The highest BCUT2D eigenvalue weighted by Crippen LogP contribution is 2.36. The van der Waals surface area contributed by atoms with Gasteiger partial charge in [-0.1, -0.05) is 0 Å². The molecule has 0 saturated heterocycles. The van der Waals surface area contributed by atoms with E-state index in [2.05, 4.69) is 17.6 Å².